The van der Waals surface area contributed by atoms with Gasteiger partial charge in [0.15, 0.2) is 0 Å². The molecule has 0 aromatic carbocycles. The first-order chi connectivity index (χ1) is 32.5. The summed E-state index contributed by atoms with van der Waals surface area (Å²) in [5.41, 5.74) is 0. The summed E-state index contributed by atoms with van der Waals surface area (Å²) < 4.78 is 5.49. The van der Waals surface area contributed by atoms with Crippen molar-refractivity contribution < 1.29 is 24.5 Å². The van der Waals surface area contributed by atoms with Gasteiger partial charge in [0, 0.05) is 12.8 Å². The zero-order valence-electron chi connectivity index (χ0n) is 44.7. The van der Waals surface area contributed by atoms with Crippen LogP contribution in [0.15, 0.2) is 12.2 Å². The molecule has 0 spiro atoms. The van der Waals surface area contributed by atoms with Crippen molar-refractivity contribution in [2.75, 3.05) is 13.2 Å². The molecule has 0 rings (SSSR count). The van der Waals surface area contributed by atoms with Crippen LogP contribution in [-0.2, 0) is 14.3 Å². The SMILES string of the molecule is CCCCCCCCCCCCCCCCCCC(=O)OCCCCCCCCCCCCCC/C=C\CCCCCCCCCCC(=O)NC(CO)C(O)CCCCCCCCCCC. The van der Waals surface area contributed by atoms with Gasteiger partial charge < -0.3 is 20.3 Å². The molecule has 66 heavy (non-hydrogen) atoms. The molecule has 0 heterocycles. The number of carbonyl (C=O) groups excluding carboxylic acids is 2. The maximum atomic E-state index is 12.4. The van der Waals surface area contributed by atoms with Gasteiger partial charge in [0.25, 0.3) is 0 Å². The summed E-state index contributed by atoms with van der Waals surface area (Å²) >= 11 is 0. The third-order valence-electron chi connectivity index (χ3n) is 14.1. The molecule has 0 saturated heterocycles. The monoisotopic (exact) mass is 932 g/mol. The van der Waals surface area contributed by atoms with Crippen LogP contribution >= 0.6 is 0 Å². The molecule has 2 unspecified atom stereocenters. The fourth-order valence-electron chi connectivity index (χ4n) is 9.46. The maximum absolute atomic E-state index is 12.4. The molecule has 0 aliphatic heterocycles. The predicted octanol–water partition coefficient (Wildman–Crippen LogP) is 18.5. The van der Waals surface area contributed by atoms with Crippen molar-refractivity contribution in [3.05, 3.63) is 12.2 Å². The molecular formula is C60H117NO5. The minimum atomic E-state index is -0.664. The van der Waals surface area contributed by atoms with Crippen molar-refractivity contribution in [3.8, 4) is 0 Å². The van der Waals surface area contributed by atoms with E-state index >= 15 is 0 Å². The number of rotatable bonds is 56. The van der Waals surface area contributed by atoms with Crippen LogP contribution in [0.3, 0.4) is 0 Å². The number of nitrogens with one attached hydrogen (secondary N) is 1. The second-order valence-electron chi connectivity index (χ2n) is 20.7. The van der Waals surface area contributed by atoms with Crippen molar-refractivity contribution in [1.29, 1.82) is 0 Å². The van der Waals surface area contributed by atoms with Crippen molar-refractivity contribution in [2.24, 2.45) is 0 Å². The van der Waals surface area contributed by atoms with Gasteiger partial charge in [-0.25, -0.2) is 0 Å². The highest BCUT2D eigenvalue weighted by Crippen LogP contribution is 2.17. The highest BCUT2D eigenvalue weighted by molar-refractivity contribution is 5.76. The smallest absolute Gasteiger partial charge is 0.305 e. The standard InChI is InChI=1S/C60H117NO5/c1-3-5-7-9-11-13-14-15-16-28-31-34-38-42-46-50-54-60(65)66-55-51-47-43-39-35-32-29-26-24-22-20-18-17-19-21-23-25-27-30-33-37-41-45-49-53-59(64)61-57(56-62)58(63)52-48-44-40-36-12-10-8-6-4-2/h19,21,57-58,62-63H,3-18,20,22-56H2,1-2H3,(H,61,64)/b21-19-. The zero-order chi connectivity index (χ0) is 47.9. The van der Waals surface area contributed by atoms with Crippen LogP contribution in [0.1, 0.15) is 335 Å². The van der Waals surface area contributed by atoms with E-state index in [9.17, 15) is 19.8 Å². The highest BCUT2D eigenvalue weighted by Gasteiger charge is 2.20. The number of hydrogen-bond donors (Lipinski definition) is 3. The molecule has 0 aromatic heterocycles. The van der Waals surface area contributed by atoms with Crippen LogP contribution in [-0.4, -0.2) is 47.4 Å². The fraction of sp³-hybridized carbons (Fsp3) is 0.933. The predicted molar refractivity (Wildman–Crippen MR) is 287 cm³/mol. The zero-order valence-corrected chi connectivity index (χ0v) is 44.7. The Morgan fingerprint density at radius 1 is 0.409 bits per heavy atom. The summed E-state index contributed by atoms with van der Waals surface area (Å²) in [6.45, 7) is 4.95. The third kappa shape index (κ3) is 52.0. The largest absolute Gasteiger partial charge is 0.466 e. The van der Waals surface area contributed by atoms with Crippen molar-refractivity contribution in [1.82, 2.24) is 5.32 Å². The van der Waals surface area contributed by atoms with Gasteiger partial charge >= 0.3 is 5.97 Å². The molecule has 6 nitrogen and oxygen atoms in total. The Labute approximate surface area is 412 Å². The molecule has 0 aromatic rings. The number of aliphatic hydroxyl groups is 2. The Kier molecular flexibility index (Phi) is 55.0. The van der Waals surface area contributed by atoms with Gasteiger partial charge in [0.05, 0.1) is 25.4 Å². The number of amides is 1. The lowest BCUT2D eigenvalue weighted by Crippen LogP contribution is -2.45. The highest BCUT2D eigenvalue weighted by atomic mass is 16.5. The molecule has 0 bridgehead atoms. The van der Waals surface area contributed by atoms with Crippen molar-refractivity contribution >= 4 is 11.9 Å². The first-order valence-electron chi connectivity index (χ1n) is 29.9. The number of esters is 1. The Balaban J connectivity index is 3.35. The van der Waals surface area contributed by atoms with Crippen molar-refractivity contribution in [3.63, 3.8) is 0 Å². The Morgan fingerprint density at radius 2 is 0.712 bits per heavy atom. The van der Waals surface area contributed by atoms with Gasteiger partial charge in [-0.05, 0) is 51.4 Å². The van der Waals surface area contributed by atoms with Gasteiger partial charge in [-0.3, -0.25) is 9.59 Å². The minimum absolute atomic E-state index is 0.0163. The average Bonchev–Trinajstić information content (AvgIpc) is 3.32. The van der Waals surface area contributed by atoms with E-state index in [0.29, 0.717) is 25.9 Å². The van der Waals surface area contributed by atoms with E-state index in [2.05, 4.69) is 31.3 Å². The van der Waals surface area contributed by atoms with E-state index in [4.69, 9.17) is 4.74 Å². The molecule has 0 saturated carbocycles. The molecule has 0 radical (unpaired) electrons. The Hall–Kier alpha value is -1.40. The van der Waals surface area contributed by atoms with E-state index < -0.39 is 12.1 Å². The van der Waals surface area contributed by atoms with E-state index in [1.54, 1.807) is 0 Å². The van der Waals surface area contributed by atoms with Gasteiger partial charge in [0.1, 0.15) is 0 Å². The molecule has 0 aliphatic carbocycles. The summed E-state index contributed by atoms with van der Waals surface area (Å²) in [6.07, 6.45) is 66.6. The first kappa shape index (κ1) is 64.6. The molecule has 3 N–H and O–H groups in total. The lowest BCUT2D eigenvalue weighted by Gasteiger charge is -2.22. The molecule has 6 heteroatoms. The summed E-state index contributed by atoms with van der Waals surface area (Å²) in [5.74, 6) is -0.0245. The van der Waals surface area contributed by atoms with E-state index in [0.717, 1.165) is 38.5 Å². The van der Waals surface area contributed by atoms with Gasteiger partial charge in [-0.15, -0.1) is 0 Å². The second-order valence-corrected chi connectivity index (χ2v) is 20.7. The number of ether oxygens (including phenoxy) is 1. The van der Waals surface area contributed by atoms with Crippen LogP contribution < -0.4 is 5.32 Å². The van der Waals surface area contributed by atoms with Crippen LogP contribution in [0.25, 0.3) is 0 Å². The summed E-state index contributed by atoms with van der Waals surface area (Å²) in [4.78, 5) is 24.5. The quantitative estimate of drug-likeness (QED) is 0.0321. The summed E-state index contributed by atoms with van der Waals surface area (Å²) in [5, 5.41) is 23.1. The number of hydrogen-bond acceptors (Lipinski definition) is 5. The Bertz CT molecular complexity index is 986. The van der Waals surface area contributed by atoms with Gasteiger partial charge in [0.2, 0.25) is 5.91 Å². The normalized spacial score (nSPS) is 12.6. The topological polar surface area (TPSA) is 95.9 Å². The second kappa shape index (κ2) is 56.2. The number of allylic oxidation sites excluding steroid dienone is 2. The number of carbonyl (C=O) groups is 2. The lowest BCUT2D eigenvalue weighted by molar-refractivity contribution is -0.143. The third-order valence-corrected chi connectivity index (χ3v) is 14.1. The molecular weight excluding hydrogens is 815 g/mol. The van der Waals surface area contributed by atoms with Crippen molar-refractivity contribution in [2.45, 2.75) is 347 Å². The van der Waals surface area contributed by atoms with Crippen LogP contribution in [0, 0.1) is 0 Å². The molecule has 2 atom stereocenters. The van der Waals surface area contributed by atoms with Crippen LogP contribution in [0.5, 0.6) is 0 Å². The molecule has 0 aliphatic rings. The molecule has 0 fully saturated rings. The molecule has 392 valence electrons. The summed E-state index contributed by atoms with van der Waals surface area (Å²) in [6, 6.07) is -0.542. The van der Waals surface area contributed by atoms with Crippen LogP contribution in [0.4, 0.5) is 0 Å². The Morgan fingerprint density at radius 3 is 1.08 bits per heavy atom. The van der Waals surface area contributed by atoms with E-state index in [-0.39, 0.29) is 18.5 Å². The fourth-order valence-corrected chi connectivity index (χ4v) is 9.46. The molecule has 1 amide bonds. The van der Waals surface area contributed by atoms with Crippen LogP contribution in [0.2, 0.25) is 0 Å². The number of aliphatic hydroxyl groups excluding tert-OH is 2. The minimum Gasteiger partial charge on any atom is -0.466 e. The van der Waals surface area contributed by atoms with Gasteiger partial charge in [-0.2, -0.15) is 0 Å². The summed E-state index contributed by atoms with van der Waals surface area (Å²) in [7, 11) is 0. The average molecular weight is 933 g/mol. The van der Waals surface area contributed by atoms with Gasteiger partial charge in [-0.1, -0.05) is 283 Å². The van der Waals surface area contributed by atoms with E-state index in [1.807, 2.05) is 0 Å². The lowest BCUT2D eigenvalue weighted by atomic mass is 10.0. The maximum Gasteiger partial charge on any atom is 0.305 e. The first-order valence-corrected chi connectivity index (χ1v) is 29.9. The number of unbranched alkanes of at least 4 members (excludes halogenated alkanes) is 43. The van der Waals surface area contributed by atoms with E-state index in [1.165, 1.54) is 263 Å².